The second-order valence-electron chi connectivity index (χ2n) is 11.9. The van der Waals surface area contributed by atoms with Gasteiger partial charge in [-0.2, -0.15) is 52.7 Å². The van der Waals surface area contributed by atoms with Crippen LogP contribution in [0.1, 0.15) is 63.7 Å². The zero-order chi connectivity index (χ0) is 39.3. The molecule has 0 bridgehead atoms. The zero-order valence-corrected chi connectivity index (χ0v) is 25.8. The number of rotatable bonds is 5. The summed E-state index contributed by atoms with van der Waals surface area (Å²) in [5, 5.41) is 1.74. The van der Waals surface area contributed by atoms with E-state index in [1.165, 1.54) is 0 Å². The molecule has 0 fully saturated rings. The van der Waals surface area contributed by atoms with E-state index >= 15 is 0 Å². The highest BCUT2D eigenvalue weighted by molar-refractivity contribution is 6.34. The van der Waals surface area contributed by atoms with E-state index in [2.05, 4.69) is 0 Å². The average molecular weight is 760 g/mol. The summed E-state index contributed by atoms with van der Waals surface area (Å²) in [4.78, 5) is 51.0. The van der Waals surface area contributed by atoms with Crippen LogP contribution >= 0.6 is 0 Å². The van der Waals surface area contributed by atoms with Crippen LogP contribution in [-0.2, 0) is 10.8 Å². The van der Waals surface area contributed by atoms with Crippen LogP contribution in [0.2, 0.25) is 0 Å². The van der Waals surface area contributed by atoms with Crippen molar-refractivity contribution in [3.05, 3.63) is 129 Å². The summed E-state index contributed by atoms with van der Waals surface area (Å²) in [6.45, 7) is 0. The van der Waals surface area contributed by atoms with Crippen molar-refractivity contribution in [1.82, 2.24) is 5.32 Å². The summed E-state index contributed by atoms with van der Waals surface area (Å²) >= 11 is 0. The van der Waals surface area contributed by atoms with E-state index in [0.717, 1.165) is 12.1 Å². The lowest BCUT2D eigenvalue weighted by Crippen LogP contribution is -2.55. The molecule has 6 rings (SSSR count). The molecule has 0 aliphatic carbocycles. The van der Waals surface area contributed by atoms with Gasteiger partial charge in [0.1, 0.15) is 0 Å². The van der Waals surface area contributed by atoms with Crippen LogP contribution in [0.15, 0.2) is 84.9 Å². The zero-order valence-electron chi connectivity index (χ0n) is 25.8. The van der Waals surface area contributed by atoms with Crippen molar-refractivity contribution in [1.29, 1.82) is 0 Å². The molecule has 7 nitrogen and oxygen atoms in total. The van der Waals surface area contributed by atoms with Gasteiger partial charge in [0.2, 0.25) is 10.8 Å². The van der Waals surface area contributed by atoms with Crippen LogP contribution in [0, 0.1) is 0 Å². The molecule has 19 heteroatoms. The Hall–Kier alpha value is -5.88. The molecular formula is C34H17F12N3O4. The maximum atomic E-state index is 14.9. The second kappa shape index (κ2) is 11.6. The fourth-order valence-electron chi connectivity index (χ4n) is 6.67. The fourth-order valence-corrected chi connectivity index (χ4v) is 6.67. The topological polar surface area (TPSA) is 110 Å². The first-order chi connectivity index (χ1) is 24.4. The number of nitrogen functional groups attached to an aromatic ring is 1. The molecule has 0 aromatic heterocycles. The van der Waals surface area contributed by atoms with E-state index < -0.39 is 109 Å². The van der Waals surface area contributed by atoms with Crippen molar-refractivity contribution >= 4 is 35.0 Å². The fraction of sp³-hybridized carbons (Fsp3) is 0.176. The number of benzene rings is 4. The molecule has 0 unspecified atom stereocenters. The number of amides is 4. The summed E-state index contributed by atoms with van der Waals surface area (Å²) in [6, 6.07) is 6.25. The highest BCUT2D eigenvalue weighted by atomic mass is 19.4. The van der Waals surface area contributed by atoms with Gasteiger partial charge in [0.05, 0.1) is 27.9 Å². The molecule has 53 heavy (non-hydrogen) atoms. The molecule has 0 radical (unpaired) electrons. The van der Waals surface area contributed by atoms with Crippen molar-refractivity contribution in [2.24, 2.45) is 0 Å². The average Bonchev–Trinajstić information content (AvgIpc) is 3.46. The van der Waals surface area contributed by atoms with Gasteiger partial charge in [-0.05, 0) is 70.8 Å². The molecule has 0 saturated heterocycles. The Morgan fingerprint density at radius 3 is 1.26 bits per heavy atom. The highest BCUT2D eigenvalue weighted by Crippen LogP contribution is 2.58. The summed E-state index contributed by atoms with van der Waals surface area (Å²) < 4.78 is 176. The lowest BCUT2D eigenvalue weighted by Gasteiger charge is -2.38. The summed E-state index contributed by atoms with van der Waals surface area (Å²) in [5.41, 5.74) is -14.0. The first-order valence-corrected chi connectivity index (χ1v) is 14.7. The van der Waals surface area contributed by atoms with Crippen molar-refractivity contribution in [3.63, 3.8) is 0 Å². The van der Waals surface area contributed by atoms with Gasteiger partial charge in [-0.15, -0.1) is 0 Å². The smallest absolute Gasteiger partial charge is 0.399 e. The van der Waals surface area contributed by atoms with Crippen LogP contribution in [0.5, 0.6) is 0 Å². The van der Waals surface area contributed by atoms with Gasteiger partial charge in [0.15, 0.2) is 0 Å². The normalized spacial score (nSPS) is 15.5. The minimum absolute atomic E-state index is 0.128. The lowest BCUT2D eigenvalue weighted by molar-refractivity contribution is -0.290. The molecule has 4 amide bonds. The van der Waals surface area contributed by atoms with E-state index in [0.29, 0.717) is 54.6 Å². The molecule has 0 atom stereocenters. The number of anilines is 2. The van der Waals surface area contributed by atoms with Crippen LogP contribution in [0.25, 0.3) is 0 Å². The lowest BCUT2D eigenvalue weighted by atomic mass is 9.71. The standard InChI is InChI=1S/C34H17F12N3O4/c35-31(36,37)29(32(38,39)40,15-1-7-19(47)8-2-15)16-3-9-20(10-4-16)49-27(52)22-12-6-18(14-24(22)28(49)53)30(33(41,42)43,34(44,45)46)17-5-11-21-23(13-17)26(51)48-25(21)50/h1-14H,47H2,(H,48,50,51). The van der Waals surface area contributed by atoms with Gasteiger partial charge < -0.3 is 5.73 Å². The number of nitrogens with one attached hydrogen (secondary N) is 1. The van der Waals surface area contributed by atoms with E-state index in [1.54, 1.807) is 5.32 Å². The number of hydrogen-bond donors (Lipinski definition) is 2. The Balaban J connectivity index is 1.46. The molecule has 2 heterocycles. The van der Waals surface area contributed by atoms with Crippen molar-refractivity contribution in [3.8, 4) is 0 Å². The van der Waals surface area contributed by atoms with Crippen LogP contribution in [-0.4, -0.2) is 48.3 Å². The molecule has 4 aromatic rings. The molecule has 2 aliphatic rings. The quantitative estimate of drug-likeness (QED) is 0.123. The summed E-state index contributed by atoms with van der Waals surface area (Å²) in [6.07, 6.45) is -24.6. The monoisotopic (exact) mass is 759 g/mol. The van der Waals surface area contributed by atoms with Crippen LogP contribution in [0.4, 0.5) is 64.1 Å². The van der Waals surface area contributed by atoms with Crippen molar-refractivity contribution in [2.45, 2.75) is 35.5 Å². The first-order valence-electron chi connectivity index (χ1n) is 14.7. The van der Waals surface area contributed by atoms with Crippen LogP contribution < -0.4 is 16.0 Å². The number of halogens is 12. The number of hydrogen-bond acceptors (Lipinski definition) is 5. The predicted molar refractivity (Wildman–Crippen MR) is 159 cm³/mol. The molecule has 0 saturated carbocycles. The molecule has 276 valence electrons. The van der Waals surface area contributed by atoms with E-state index in [-0.39, 0.29) is 28.8 Å². The molecular weight excluding hydrogens is 742 g/mol. The number of alkyl halides is 12. The number of nitrogens with zero attached hydrogens (tertiary/aromatic N) is 1. The third kappa shape index (κ3) is 5.14. The number of imide groups is 2. The Morgan fingerprint density at radius 2 is 0.792 bits per heavy atom. The first kappa shape index (κ1) is 36.9. The number of carbonyl (C=O) groups excluding carboxylic acids is 4. The Labute approximate surface area is 288 Å². The number of fused-ring (bicyclic) bond motifs is 2. The third-order valence-electron chi connectivity index (χ3n) is 9.09. The largest absolute Gasteiger partial charge is 0.411 e. The van der Waals surface area contributed by atoms with E-state index in [4.69, 9.17) is 5.73 Å². The third-order valence-corrected chi connectivity index (χ3v) is 9.09. The summed E-state index contributed by atoms with van der Waals surface area (Å²) in [7, 11) is 0. The van der Waals surface area contributed by atoms with E-state index in [1.807, 2.05) is 0 Å². The predicted octanol–water partition coefficient (Wildman–Crippen LogP) is 7.77. The maximum absolute atomic E-state index is 14.9. The Bertz CT molecular complexity index is 2180. The maximum Gasteiger partial charge on any atom is 0.411 e. The second-order valence-corrected chi connectivity index (χ2v) is 11.9. The van der Waals surface area contributed by atoms with Gasteiger partial charge in [0, 0.05) is 5.69 Å². The van der Waals surface area contributed by atoms with Gasteiger partial charge in [0.25, 0.3) is 23.6 Å². The Morgan fingerprint density at radius 1 is 0.434 bits per heavy atom. The summed E-state index contributed by atoms with van der Waals surface area (Å²) in [5.74, 6) is -5.30. The van der Waals surface area contributed by atoms with Gasteiger partial charge in [-0.25, -0.2) is 4.90 Å². The molecule has 2 aliphatic heterocycles. The van der Waals surface area contributed by atoms with Gasteiger partial charge >= 0.3 is 24.7 Å². The van der Waals surface area contributed by atoms with Gasteiger partial charge in [-0.3, -0.25) is 24.5 Å². The highest BCUT2D eigenvalue weighted by Gasteiger charge is 2.74. The minimum Gasteiger partial charge on any atom is -0.399 e. The minimum atomic E-state index is -6.25. The number of carbonyl (C=O) groups is 4. The van der Waals surface area contributed by atoms with Gasteiger partial charge in [-0.1, -0.05) is 36.4 Å². The van der Waals surface area contributed by atoms with Crippen LogP contribution in [0.3, 0.4) is 0 Å². The molecule has 4 aromatic carbocycles. The van der Waals surface area contributed by atoms with Crippen molar-refractivity contribution in [2.75, 3.05) is 10.6 Å². The molecule has 3 N–H and O–H groups in total. The SMILES string of the molecule is Nc1ccc(C(c2ccc(N3C(=O)c4ccc(C(c5ccc6c(c5)C(=O)NC6=O)(C(F)(F)F)C(F)(F)F)cc4C3=O)cc2)(C(F)(F)F)C(F)(F)F)cc1. The van der Waals surface area contributed by atoms with E-state index in [9.17, 15) is 71.9 Å². The molecule has 0 spiro atoms. The Kier molecular flexibility index (Phi) is 8.05. The van der Waals surface area contributed by atoms with Crippen molar-refractivity contribution < 1.29 is 71.9 Å². The number of nitrogens with two attached hydrogens (primary N) is 1.